The van der Waals surface area contributed by atoms with Crippen LogP contribution in [0.5, 0.6) is 0 Å². The van der Waals surface area contributed by atoms with Gasteiger partial charge >= 0.3 is 0 Å². The molecule has 0 aromatic heterocycles. The van der Waals surface area contributed by atoms with Crippen molar-refractivity contribution in [1.82, 2.24) is 0 Å². The maximum Gasteiger partial charge on any atom is 0.296 e. The Labute approximate surface area is 237 Å². The quantitative estimate of drug-likeness (QED) is 0.0913. The molecule has 0 bridgehead atoms. The summed E-state index contributed by atoms with van der Waals surface area (Å²) in [5.74, 6) is 0.174. The zero-order valence-corrected chi connectivity index (χ0v) is 25.9. The van der Waals surface area contributed by atoms with Gasteiger partial charge in [-0.1, -0.05) is 125 Å². The SMILES string of the molecule is Cc1ccc(S(=O)(=O)OC[C@H](C)CCCC/C=C\CO[Si](c2ccccc2)(c2ccccc2)C(C)(C)C)cc1. The van der Waals surface area contributed by atoms with Gasteiger partial charge in [0.15, 0.2) is 0 Å². The van der Waals surface area contributed by atoms with E-state index in [9.17, 15) is 8.42 Å². The summed E-state index contributed by atoms with van der Waals surface area (Å²) >= 11 is 0. The molecule has 0 aliphatic carbocycles. The van der Waals surface area contributed by atoms with Crippen LogP contribution in [0.15, 0.2) is 102 Å². The summed E-state index contributed by atoms with van der Waals surface area (Å²) in [6.45, 7) is 11.6. The van der Waals surface area contributed by atoms with E-state index in [0.29, 0.717) is 6.61 Å². The Kier molecular flexibility index (Phi) is 11.3. The van der Waals surface area contributed by atoms with Gasteiger partial charge in [0.1, 0.15) is 0 Å². The van der Waals surface area contributed by atoms with Crippen LogP contribution >= 0.6 is 0 Å². The number of unbranched alkanes of at least 4 members (excludes halogenated alkanes) is 2. The van der Waals surface area contributed by atoms with Crippen LogP contribution in [0.1, 0.15) is 58.9 Å². The van der Waals surface area contributed by atoms with Gasteiger partial charge in [0.05, 0.1) is 18.1 Å². The molecule has 3 aromatic carbocycles. The lowest BCUT2D eigenvalue weighted by molar-refractivity contribution is 0.254. The smallest absolute Gasteiger partial charge is 0.296 e. The average Bonchev–Trinajstić information content (AvgIpc) is 2.92. The zero-order valence-electron chi connectivity index (χ0n) is 24.1. The monoisotopic (exact) mass is 564 g/mol. The number of hydrogen-bond acceptors (Lipinski definition) is 4. The van der Waals surface area contributed by atoms with Crippen molar-refractivity contribution in [3.05, 3.63) is 103 Å². The summed E-state index contributed by atoms with van der Waals surface area (Å²) in [6, 6.07) is 28.2. The third-order valence-corrected chi connectivity index (χ3v) is 13.4. The topological polar surface area (TPSA) is 52.6 Å². The van der Waals surface area contributed by atoms with Crippen LogP contribution in [0.4, 0.5) is 0 Å². The summed E-state index contributed by atoms with van der Waals surface area (Å²) in [5.41, 5.74) is 1.02. The fourth-order valence-corrected chi connectivity index (χ4v) is 10.5. The molecule has 0 N–H and O–H groups in total. The summed E-state index contributed by atoms with van der Waals surface area (Å²) in [4.78, 5) is 0.214. The highest BCUT2D eigenvalue weighted by molar-refractivity contribution is 7.86. The second-order valence-electron chi connectivity index (χ2n) is 11.4. The summed E-state index contributed by atoms with van der Waals surface area (Å²) in [5, 5.41) is 2.55. The molecular formula is C33H44O4SSi. The van der Waals surface area contributed by atoms with Gasteiger partial charge in [-0.2, -0.15) is 8.42 Å². The third-order valence-electron chi connectivity index (χ3n) is 7.11. The molecule has 0 unspecified atom stereocenters. The molecule has 3 rings (SSSR count). The van der Waals surface area contributed by atoms with Crippen molar-refractivity contribution in [1.29, 1.82) is 0 Å². The number of benzene rings is 3. The van der Waals surface area contributed by atoms with E-state index in [1.165, 1.54) is 10.4 Å². The van der Waals surface area contributed by atoms with Crippen LogP contribution < -0.4 is 10.4 Å². The van der Waals surface area contributed by atoms with Crippen LogP contribution in [0.25, 0.3) is 0 Å². The van der Waals surface area contributed by atoms with Crippen molar-refractivity contribution < 1.29 is 17.0 Å². The first-order valence-corrected chi connectivity index (χ1v) is 17.2. The average molecular weight is 565 g/mol. The van der Waals surface area contributed by atoms with Crippen LogP contribution in [0, 0.1) is 12.8 Å². The normalized spacial score (nSPS) is 13.6. The minimum absolute atomic E-state index is 0.0330. The number of rotatable bonds is 14. The fourth-order valence-electron chi connectivity index (χ4n) is 4.94. The lowest BCUT2D eigenvalue weighted by Crippen LogP contribution is -2.66. The number of allylic oxidation sites excluding steroid dienone is 1. The molecule has 4 nitrogen and oxygen atoms in total. The van der Waals surface area contributed by atoms with Gasteiger partial charge < -0.3 is 4.43 Å². The molecule has 0 radical (unpaired) electrons. The van der Waals surface area contributed by atoms with Crippen LogP contribution in [0.2, 0.25) is 5.04 Å². The maximum absolute atomic E-state index is 12.4. The van der Waals surface area contributed by atoms with Gasteiger partial charge in [-0.25, -0.2) is 0 Å². The summed E-state index contributed by atoms with van der Waals surface area (Å²) < 4.78 is 37.0. The van der Waals surface area contributed by atoms with Crippen molar-refractivity contribution in [2.75, 3.05) is 13.2 Å². The highest BCUT2D eigenvalue weighted by Gasteiger charge is 2.49. The second kappa shape index (κ2) is 14.2. The molecule has 3 aromatic rings. The molecule has 1 atom stereocenters. The Hall–Kier alpha value is -2.51. The Morgan fingerprint density at radius 3 is 1.92 bits per heavy atom. The van der Waals surface area contributed by atoms with Gasteiger partial charge in [0, 0.05) is 0 Å². The molecule has 6 heteroatoms. The highest BCUT2D eigenvalue weighted by atomic mass is 32.2. The van der Waals surface area contributed by atoms with Crippen molar-refractivity contribution in [2.24, 2.45) is 5.92 Å². The predicted molar refractivity (Wildman–Crippen MR) is 165 cm³/mol. The first-order valence-electron chi connectivity index (χ1n) is 13.9. The van der Waals surface area contributed by atoms with E-state index in [0.717, 1.165) is 31.2 Å². The number of hydrogen-bond donors (Lipinski definition) is 0. The molecule has 0 heterocycles. The molecule has 0 aliphatic rings. The molecule has 0 aliphatic heterocycles. The Balaban J connectivity index is 1.48. The lowest BCUT2D eigenvalue weighted by Gasteiger charge is -2.42. The van der Waals surface area contributed by atoms with Crippen molar-refractivity contribution in [3.63, 3.8) is 0 Å². The summed E-state index contributed by atoms with van der Waals surface area (Å²) in [6.07, 6.45) is 8.33. The fraction of sp³-hybridized carbons (Fsp3) is 0.394. The number of aryl methyl sites for hydroxylation is 1. The highest BCUT2D eigenvalue weighted by Crippen LogP contribution is 2.36. The van der Waals surface area contributed by atoms with Crippen molar-refractivity contribution in [2.45, 2.75) is 70.2 Å². The summed E-state index contributed by atoms with van der Waals surface area (Å²) in [7, 11) is -6.21. The van der Waals surface area contributed by atoms with Gasteiger partial charge in [-0.15, -0.1) is 0 Å². The van der Waals surface area contributed by atoms with E-state index in [-0.39, 0.29) is 22.5 Å². The third kappa shape index (κ3) is 8.48. The van der Waals surface area contributed by atoms with E-state index in [4.69, 9.17) is 8.61 Å². The lowest BCUT2D eigenvalue weighted by atomic mass is 10.0. The second-order valence-corrected chi connectivity index (χ2v) is 17.3. The van der Waals surface area contributed by atoms with Crippen LogP contribution in [0.3, 0.4) is 0 Å². The Morgan fingerprint density at radius 2 is 1.38 bits per heavy atom. The van der Waals surface area contributed by atoms with E-state index >= 15 is 0 Å². The first-order chi connectivity index (χ1) is 18.6. The van der Waals surface area contributed by atoms with Gasteiger partial charge in [0.25, 0.3) is 18.4 Å². The first kappa shape index (κ1) is 31.0. The van der Waals surface area contributed by atoms with E-state index in [2.05, 4.69) is 93.6 Å². The molecule has 39 heavy (non-hydrogen) atoms. The van der Waals surface area contributed by atoms with Crippen molar-refractivity contribution >= 4 is 28.8 Å². The standard InChI is InChI=1S/C33H44O4SSi/c1-28-22-24-30(25-23-28)38(34,35)36-27-29(2)17-11-7-6-8-16-26-37-39(33(3,4)5,31-18-12-9-13-19-31)32-20-14-10-15-21-32/h8-10,12-16,18-25,29H,6-7,11,17,26-27H2,1-5H3/b16-8-/t29-/m1/s1. The van der Waals surface area contributed by atoms with Crippen LogP contribution in [-0.4, -0.2) is 29.9 Å². The van der Waals surface area contributed by atoms with Crippen molar-refractivity contribution in [3.8, 4) is 0 Å². The van der Waals surface area contributed by atoms with E-state index < -0.39 is 18.4 Å². The molecule has 0 saturated carbocycles. The molecule has 0 saturated heterocycles. The molecule has 210 valence electrons. The molecule has 0 fully saturated rings. The maximum atomic E-state index is 12.4. The molecule has 0 amide bonds. The van der Waals surface area contributed by atoms with E-state index in [1.807, 2.05) is 13.8 Å². The van der Waals surface area contributed by atoms with Gasteiger partial charge in [0.2, 0.25) is 0 Å². The zero-order chi connectivity index (χ0) is 28.4. The Bertz CT molecular complexity index is 1230. The van der Waals surface area contributed by atoms with Gasteiger partial charge in [-0.3, -0.25) is 4.18 Å². The minimum atomic E-state index is -3.70. The minimum Gasteiger partial charge on any atom is -0.404 e. The Morgan fingerprint density at radius 1 is 0.821 bits per heavy atom. The molecule has 0 spiro atoms. The van der Waals surface area contributed by atoms with Crippen LogP contribution in [-0.2, 0) is 18.7 Å². The molecular weight excluding hydrogens is 521 g/mol. The largest absolute Gasteiger partial charge is 0.404 e. The van der Waals surface area contributed by atoms with E-state index in [1.54, 1.807) is 24.3 Å². The van der Waals surface area contributed by atoms with Gasteiger partial charge in [-0.05, 0) is 59.6 Å². The predicted octanol–water partition coefficient (Wildman–Crippen LogP) is 7.03.